The van der Waals surface area contributed by atoms with E-state index in [0.717, 1.165) is 41.3 Å². The lowest BCUT2D eigenvalue weighted by Gasteiger charge is -2.13. The van der Waals surface area contributed by atoms with Gasteiger partial charge < -0.3 is 9.30 Å². The van der Waals surface area contributed by atoms with Gasteiger partial charge in [-0.15, -0.1) is 0 Å². The monoisotopic (exact) mass is 409 g/mol. The highest BCUT2D eigenvalue weighted by atomic mass is 32.2. The second-order valence-electron chi connectivity index (χ2n) is 6.89. The van der Waals surface area contributed by atoms with Crippen molar-refractivity contribution in [3.05, 3.63) is 59.7 Å². The molecular weight excluding hydrogens is 386 g/mol. The highest BCUT2D eigenvalue weighted by Gasteiger charge is 2.34. The number of hydrogen-bond donors (Lipinski definition) is 0. The van der Waals surface area contributed by atoms with E-state index in [4.69, 9.17) is 9.72 Å². The number of benzene rings is 2. The summed E-state index contributed by atoms with van der Waals surface area (Å²) < 4.78 is 7.43. The number of para-hydroxylation sites is 2. The molecule has 2 amide bonds. The Balaban J connectivity index is 1.32. The largest absolute Gasteiger partial charge is 0.383 e. The van der Waals surface area contributed by atoms with Crippen LogP contribution in [0.2, 0.25) is 0 Å². The van der Waals surface area contributed by atoms with E-state index in [1.807, 2.05) is 18.2 Å². The molecule has 0 bridgehead atoms. The summed E-state index contributed by atoms with van der Waals surface area (Å²) in [4.78, 5) is 30.9. The van der Waals surface area contributed by atoms with Gasteiger partial charge in [0.05, 0.1) is 28.8 Å². The average Bonchev–Trinajstić information content (AvgIpc) is 3.22. The van der Waals surface area contributed by atoms with Crippen molar-refractivity contribution in [1.82, 2.24) is 14.5 Å². The van der Waals surface area contributed by atoms with Crippen LogP contribution >= 0.6 is 11.8 Å². The van der Waals surface area contributed by atoms with E-state index in [0.29, 0.717) is 24.3 Å². The molecule has 0 saturated carbocycles. The van der Waals surface area contributed by atoms with Crippen LogP contribution in [0.1, 0.15) is 33.6 Å². The maximum atomic E-state index is 12.4. The molecule has 7 heteroatoms. The molecule has 29 heavy (non-hydrogen) atoms. The molecule has 0 N–H and O–H groups in total. The van der Waals surface area contributed by atoms with E-state index >= 15 is 0 Å². The predicted molar refractivity (Wildman–Crippen MR) is 113 cm³/mol. The highest BCUT2D eigenvalue weighted by molar-refractivity contribution is 7.99. The first-order valence-corrected chi connectivity index (χ1v) is 10.7. The third kappa shape index (κ3) is 3.93. The fourth-order valence-corrected chi connectivity index (χ4v) is 4.58. The van der Waals surface area contributed by atoms with Gasteiger partial charge in [0.25, 0.3) is 11.8 Å². The molecule has 3 aromatic rings. The number of carbonyl (C=O) groups is 2. The van der Waals surface area contributed by atoms with E-state index in [2.05, 4.69) is 10.6 Å². The smallest absolute Gasteiger partial charge is 0.261 e. The molecule has 2 heterocycles. The minimum atomic E-state index is -0.181. The van der Waals surface area contributed by atoms with Crippen molar-refractivity contribution in [2.24, 2.45) is 0 Å². The molecule has 150 valence electrons. The summed E-state index contributed by atoms with van der Waals surface area (Å²) >= 11 is 1.70. The van der Waals surface area contributed by atoms with Crippen molar-refractivity contribution >= 4 is 34.6 Å². The summed E-state index contributed by atoms with van der Waals surface area (Å²) in [6, 6.07) is 15.1. The van der Waals surface area contributed by atoms with Crippen LogP contribution in [-0.2, 0) is 11.3 Å². The van der Waals surface area contributed by atoms with Crippen LogP contribution in [0.25, 0.3) is 11.0 Å². The minimum Gasteiger partial charge on any atom is -0.383 e. The zero-order chi connectivity index (χ0) is 20.2. The number of rotatable bonds is 9. The van der Waals surface area contributed by atoms with Crippen LogP contribution in [0.4, 0.5) is 0 Å². The standard InChI is InChI=1S/C22H23N3O3S/c1-28-14-13-24-19-11-5-4-10-18(19)23-22(24)29-15-7-6-12-25-20(26)16-8-2-3-9-17(16)21(25)27/h2-5,8-11H,6-7,12-15H2,1H3. The highest BCUT2D eigenvalue weighted by Crippen LogP contribution is 2.26. The van der Waals surface area contributed by atoms with Crippen molar-refractivity contribution in [2.75, 3.05) is 26.0 Å². The van der Waals surface area contributed by atoms with Gasteiger partial charge in [-0.2, -0.15) is 0 Å². The second-order valence-corrected chi connectivity index (χ2v) is 7.95. The topological polar surface area (TPSA) is 64.4 Å². The van der Waals surface area contributed by atoms with E-state index in [9.17, 15) is 9.59 Å². The second kappa shape index (κ2) is 8.80. The number of amides is 2. The molecule has 0 unspecified atom stereocenters. The number of aromatic nitrogens is 2. The third-order valence-electron chi connectivity index (χ3n) is 5.02. The number of imide groups is 1. The van der Waals surface area contributed by atoms with Crippen molar-refractivity contribution in [2.45, 2.75) is 24.5 Å². The number of imidazole rings is 1. The Morgan fingerprint density at radius 2 is 1.62 bits per heavy atom. The molecule has 0 radical (unpaired) electrons. The Bertz CT molecular complexity index is 1010. The van der Waals surface area contributed by atoms with Crippen molar-refractivity contribution < 1.29 is 14.3 Å². The summed E-state index contributed by atoms with van der Waals surface area (Å²) in [6.07, 6.45) is 1.67. The molecule has 0 atom stereocenters. The molecule has 0 fully saturated rings. The zero-order valence-corrected chi connectivity index (χ0v) is 17.2. The van der Waals surface area contributed by atoms with Gasteiger partial charge in [0, 0.05) is 26.0 Å². The summed E-state index contributed by atoms with van der Waals surface area (Å²) in [5.41, 5.74) is 3.12. The van der Waals surface area contributed by atoms with Crippen molar-refractivity contribution in [3.63, 3.8) is 0 Å². The van der Waals surface area contributed by atoms with Crippen LogP contribution in [-0.4, -0.2) is 52.3 Å². The van der Waals surface area contributed by atoms with E-state index < -0.39 is 0 Å². The van der Waals surface area contributed by atoms with E-state index in [1.54, 1.807) is 43.1 Å². The molecular formula is C22H23N3O3S. The fourth-order valence-electron chi connectivity index (χ4n) is 3.54. The Morgan fingerprint density at radius 1 is 0.931 bits per heavy atom. The van der Waals surface area contributed by atoms with Gasteiger partial charge in [0.1, 0.15) is 0 Å². The Hall–Kier alpha value is -2.64. The summed E-state index contributed by atoms with van der Waals surface area (Å²) in [6.45, 7) is 1.84. The minimum absolute atomic E-state index is 0.181. The summed E-state index contributed by atoms with van der Waals surface area (Å²) in [7, 11) is 1.70. The van der Waals surface area contributed by atoms with Gasteiger partial charge in [-0.25, -0.2) is 4.98 Å². The number of methoxy groups -OCH3 is 1. The maximum absolute atomic E-state index is 12.4. The Morgan fingerprint density at radius 3 is 2.34 bits per heavy atom. The number of unbranched alkanes of at least 4 members (excludes halogenated alkanes) is 1. The molecule has 6 nitrogen and oxygen atoms in total. The van der Waals surface area contributed by atoms with Gasteiger partial charge in [-0.3, -0.25) is 14.5 Å². The lowest BCUT2D eigenvalue weighted by molar-refractivity contribution is 0.0652. The van der Waals surface area contributed by atoms with Crippen LogP contribution in [0.3, 0.4) is 0 Å². The maximum Gasteiger partial charge on any atom is 0.261 e. The van der Waals surface area contributed by atoms with Crippen LogP contribution in [0.15, 0.2) is 53.7 Å². The van der Waals surface area contributed by atoms with Gasteiger partial charge in [-0.1, -0.05) is 36.0 Å². The predicted octanol–water partition coefficient (Wildman–Crippen LogP) is 3.85. The molecule has 0 aliphatic carbocycles. The summed E-state index contributed by atoms with van der Waals surface area (Å²) in [5, 5.41) is 0.976. The van der Waals surface area contributed by atoms with Crippen molar-refractivity contribution in [3.8, 4) is 0 Å². The first-order chi connectivity index (χ1) is 14.2. The molecule has 1 aromatic heterocycles. The number of ether oxygens (including phenoxy) is 1. The first-order valence-electron chi connectivity index (χ1n) is 9.73. The van der Waals surface area contributed by atoms with E-state index in [-0.39, 0.29) is 11.8 Å². The number of hydrogen-bond acceptors (Lipinski definition) is 5. The van der Waals surface area contributed by atoms with Crippen molar-refractivity contribution in [1.29, 1.82) is 0 Å². The third-order valence-corrected chi connectivity index (χ3v) is 6.09. The zero-order valence-electron chi connectivity index (χ0n) is 16.3. The van der Waals surface area contributed by atoms with Crippen LogP contribution < -0.4 is 0 Å². The van der Waals surface area contributed by atoms with E-state index in [1.165, 1.54) is 4.90 Å². The fraction of sp³-hybridized carbons (Fsp3) is 0.318. The Labute approximate surface area is 173 Å². The molecule has 0 saturated heterocycles. The number of carbonyl (C=O) groups excluding carboxylic acids is 2. The quantitative estimate of drug-likeness (QED) is 0.305. The normalized spacial score (nSPS) is 13.5. The SMILES string of the molecule is COCCn1c(SCCCCN2C(=O)c3ccccc3C2=O)nc2ccccc21. The van der Waals surface area contributed by atoms with Gasteiger partial charge in [0.15, 0.2) is 5.16 Å². The van der Waals surface area contributed by atoms with Crippen LogP contribution in [0.5, 0.6) is 0 Å². The molecule has 4 rings (SSSR count). The number of thioether (sulfide) groups is 1. The first kappa shape index (κ1) is 19.7. The molecule has 2 aromatic carbocycles. The lowest BCUT2D eigenvalue weighted by Crippen LogP contribution is -2.30. The van der Waals surface area contributed by atoms with Crippen LogP contribution in [0, 0.1) is 0 Å². The van der Waals surface area contributed by atoms with Gasteiger partial charge in [0.2, 0.25) is 0 Å². The summed E-state index contributed by atoms with van der Waals surface area (Å²) in [5.74, 6) is 0.513. The Kier molecular flexibility index (Phi) is 5.97. The number of nitrogens with zero attached hydrogens (tertiary/aromatic N) is 3. The average molecular weight is 410 g/mol. The van der Waals surface area contributed by atoms with Gasteiger partial charge in [-0.05, 0) is 37.1 Å². The molecule has 0 spiro atoms. The molecule has 1 aliphatic heterocycles. The van der Waals surface area contributed by atoms with Gasteiger partial charge >= 0.3 is 0 Å². The number of fused-ring (bicyclic) bond motifs is 2. The lowest BCUT2D eigenvalue weighted by atomic mass is 10.1. The molecule has 1 aliphatic rings.